The molecule has 19 heavy (non-hydrogen) atoms. The third-order valence-electron chi connectivity index (χ3n) is 2.46. The largest absolute Gasteiger partial charge is 0.477 e. The molecular weight excluding hydrogens is 246 g/mol. The molecule has 2 N–H and O–H groups in total. The predicted molar refractivity (Wildman–Crippen MR) is 68.1 cm³/mol. The topological polar surface area (TPSA) is 92.2 Å². The molecule has 0 aliphatic heterocycles. The second-order valence-electron chi connectivity index (χ2n) is 3.86. The van der Waals surface area contributed by atoms with E-state index < -0.39 is 5.97 Å². The van der Waals surface area contributed by atoms with Gasteiger partial charge in [-0.15, -0.1) is 0 Å². The third-order valence-corrected chi connectivity index (χ3v) is 2.46. The van der Waals surface area contributed by atoms with Crippen LogP contribution < -0.4 is 5.32 Å². The maximum atomic E-state index is 12.0. The van der Waals surface area contributed by atoms with Gasteiger partial charge in [0, 0.05) is 18.1 Å². The summed E-state index contributed by atoms with van der Waals surface area (Å²) in [6.45, 7) is 1.77. The van der Waals surface area contributed by atoms with Gasteiger partial charge in [0.05, 0.1) is 0 Å². The van der Waals surface area contributed by atoms with E-state index in [1.165, 1.54) is 24.5 Å². The Balaban J connectivity index is 2.22. The van der Waals surface area contributed by atoms with Crippen LogP contribution in [0.5, 0.6) is 0 Å². The summed E-state index contributed by atoms with van der Waals surface area (Å²) in [5, 5.41) is 11.4. The summed E-state index contributed by atoms with van der Waals surface area (Å²) in [4.78, 5) is 30.4. The van der Waals surface area contributed by atoms with Crippen molar-refractivity contribution in [1.29, 1.82) is 0 Å². The summed E-state index contributed by atoms with van der Waals surface area (Å²) in [5.74, 6) is -1.54. The number of aromatic nitrogens is 2. The fourth-order valence-corrected chi connectivity index (χ4v) is 1.54. The summed E-state index contributed by atoms with van der Waals surface area (Å²) in [6.07, 6.45) is 2.85. The van der Waals surface area contributed by atoms with Gasteiger partial charge in [0.2, 0.25) is 0 Å². The molecule has 2 rings (SSSR count). The SMILES string of the molecule is Cc1cccnc1C(=O)Nc1ccnc(C(=O)O)c1. The number of aromatic carboxylic acids is 1. The van der Waals surface area contributed by atoms with Crippen LogP contribution in [-0.4, -0.2) is 27.0 Å². The second kappa shape index (κ2) is 5.26. The van der Waals surface area contributed by atoms with Crippen LogP contribution in [0.25, 0.3) is 0 Å². The number of hydrogen-bond donors (Lipinski definition) is 2. The number of amides is 1. The Labute approximate surface area is 109 Å². The molecule has 96 valence electrons. The maximum absolute atomic E-state index is 12.0. The highest BCUT2D eigenvalue weighted by atomic mass is 16.4. The fourth-order valence-electron chi connectivity index (χ4n) is 1.54. The normalized spacial score (nSPS) is 9.95. The first kappa shape index (κ1) is 12.7. The van der Waals surface area contributed by atoms with Crippen molar-refractivity contribution in [3.63, 3.8) is 0 Å². The minimum Gasteiger partial charge on any atom is -0.477 e. The van der Waals surface area contributed by atoms with Crippen molar-refractivity contribution < 1.29 is 14.7 Å². The molecule has 6 nitrogen and oxygen atoms in total. The Bertz CT molecular complexity index is 641. The molecule has 0 aliphatic carbocycles. The van der Waals surface area contributed by atoms with E-state index >= 15 is 0 Å². The monoisotopic (exact) mass is 257 g/mol. The highest BCUT2D eigenvalue weighted by Crippen LogP contribution is 2.11. The van der Waals surface area contributed by atoms with Crippen molar-refractivity contribution in [3.05, 3.63) is 53.6 Å². The van der Waals surface area contributed by atoms with Crippen LogP contribution in [0.15, 0.2) is 36.7 Å². The van der Waals surface area contributed by atoms with E-state index in [1.54, 1.807) is 19.1 Å². The van der Waals surface area contributed by atoms with Gasteiger partial charge < -0.3 is 10.4 Å². The summed E-state index contributed by atoms with van der Waals surface area (Å²) in [5.41, 5.74) is 1.28. The average Bonchev–Trinajstić information content (AvgIpc) is 2.39. The minimum absolute atomic E-state index is 0.129. The van der Waals surface area contributed by atoms with Gasteiger partial charge in [0.15, 0.2) is 0 Å². The Hall–Kier alpha value is -2.76. The maximum Gasteiger partial charge on any atom is 0.354 e. The number of nitrogens with zero attached hydrogens (tertiary/aromatic N) is 2. The van der Waals surface area contributed by atoms with Gasteiger partial charge in [-0.05, 0) is 30.7 Å². The predicted octanol–water partition coefficient (Wildman–Crippen LogP) is 1.74. The highest BCUT2D eigenvalue weighted by molar-refractivity contribution is 6.04. The van der Waals surface area contributed by atoms with Gasteiger partial charge in [-0.2, -0.15) is 0 Å². The van der Waals surface area contributed by atoms with Gasteiger partial charge in [-0.1, -0.05) is 6.07 Å². The Morgan fingerprint density at radius 3 is 2.68 bits per heavy atom. The molecule has 0 spiro atoms. The zero-order valence-corrected chi connectivity index (χ0v) is 10.1. The number of pyridine rings is 2. The van der Waals surface area contributed by atoms with Crippen molar-refractivity contribution in [2.24, 2.45) is 0 Å². The van der Waals surface area contributed by atoms with Gasteiger partial charge in [-0.25, -0.2) is 9.78 Å². The van der Waals surface area contributed by atoms with E-state index in [1.807, 2.05) is 0 Å². The van der Waals surface area contributed by atoms with Crippen LogP contribution in [0.1, 0.15) is 26.5 Å². The molecule has 0 saturated heterocycles. The molecule has 0 atom stereocenters. The number of carbonyl (C=O) groups is 2. The zero-order chi connectivity index (χ0) is 13.8. The lowest BCUT2D eigenvalue weighted by atomic mass is 10.2. The van der Waals surface area contributed by atoms with Crippen LogP contribution in [0.2, 0.25) is 0 Å². The minimum atomic E-state index is -1.15. The summed E-state index contributed by atoms with van der Waals surface area (Å²) >= 11 is 0. The van der Waals surface area contributed by atoms with Crippen molar-refractivity contribution in [2.75, 3.05) is 5.32 Å². The molecule has 0 fully saturated rings. The van der Waals surface area contributed by atoms with Gasteiger partial charge >= 0.3 is 5.97 Å². The number of nitrogens with one attached hydrogen (secondary N) is 1. The van der Waals surface area contributed by atoms with Crippen LogP contribution in [0.3, 0.4) is 0 Å². The van der Waals surface area contributed by atoms with Gasteiger partial charge in [-0.3, -0.25) is 9.78 Å². The zero-order valence-electron chi connectivity index (χ0n) is 10.1. The highest BCUT2D eigenvalue weighted by Gasteiger charge is 2.11. The van der Waals surface area contributed by atoms with Gasteiger partial charge in [0.25, 0.3) is 5.91 Å². The van der Waals surface area contributed by atoms with Crippen LogP contribution in [0.4, 0.5) is 5.69 Å². The van der Waals surface area contributed by atoms with E-state index in [0.717, 1.165) is 5.56 Å². The second-order valence-corrected chi connectivity index (χ2v) is 3.86. The number of carboxylic acids is 1. The van der Waals surface area contributed by atoms with E-state index in [4.69, 9.17) is 5.11 Å². The molecule has 0 aromatic carbocycles. The fraction of sp³-hybridized carbons (Fsp3) is 0.0769. The molecule has 0 bridgehead atoms. The van der Waals surface area contributed by atoms with Crippen LogP contribution >= 0.6 is 0 Å². The lowest BCUT2D eigenvalue weighted by Crippen LogP contribution is -2.15. The van der Waals surface area contributed by atoms with Crippen molar-refractivity contribution in [3.8, 4) is 0 Å². The first-order valence-electron chi connectivity index (χ1n) is 5.50. The molecule has 2 aromatic heterocycles. The molecule has 1 amide bonds. The van der Waals surface area contributed by atoms with E-state index in [-0.39, 0.29) is 11.6 Å². The molecule has 2 heterocycles. The molecule has 0 aliphatic rings. The summed E-state index contributed by atoms with van der Waals surface area (Å²) in [7, 11) is 0. The lowest BCUT2D eigenvalue weighted by molar-refractivity contribution is 0.0690. The van der Waals surface area contributed by atoms with Crippen LogP contribution in [-0.2, 0) is 0 Å². The Kier molecular flexibility index (Phi) is 3.51. The number of hydrogen-bond acceptors (Lipinski definition) is 4. The third kappa shape index (κ3) is 2.92. The molecule has 6 heteroatoms. The van der Waals surface area contributed by atoms with E-state index in [9.17, 15) is 9.59 Å². The average molecular weight is 257 g/mol. The van der Waals surface area contributed by atoms with E-state index in [2.05, 4.69) is 15.3 Å². The number of rotatable bonds is 3. The molecular formula is C13H11N3O3. The molecule has 0 radical (unpaired) electrons. The standard InChI is InChI=1S/C13H11N3O3/c1-8-3-2-5-15-11(8)12(17)16-9-4-6-14-10(7-9)13(18)19/h2-7H,1H3,(H,18,19)(H,14,16,17). The first-order chi connectivity index (χ1) is 9.08. The molecule has 0 saturated carbocycles. The Morgan fingerprint density at radius 1 is 1.21 bits per heavy atom. The molecule has 0 unspecified atom stereocenters. The number of aryl methyl sites for hydroxylation is 1. The first-order valence-corrected chi connectivity index (χ1v) is 5.50. The van der Waals surface area contributed by atoms with Crippen molar-refractivity contribution in [2.45, 2.75) is 6.92 Å². The quantitative estimate of drug-likeness (QED) is 0.873. The molecule has 2 aromatic rings. The summed E-state index contributed by atoms with van der Waals surface area (Å²) < 4.78 is 0. The van der Waals surface area contributed by atoms with Crippen LogP contribution in [0, 0.1) is 6.92 Å². The smallest absolute Gasteiger partial charge is 0.354 e. The van der Waals surface area contributed by atoms with Crippen molar-refractivity contribution >= 4 is 17.6 Å². The summed E-state index contributed by atoms with van der Waals surface area (Å²) in [6, 6.07) is 6.32. The number of carboxylic acid groups (broad SMARTS) is 1. The van der Waals surface area contributed by atoms with Crippen molar-refractivity contribution in [1.82, 2.24) is 9.97 Å². The lowest BCUT2D eigenvalue weighted by Gasteiger charge is -2.06. The number of carbonyl (C=O) groups excluding carboxylic acids is 1. The van der Waals surface area contributed by atoms with E-state index in [0.29, 0.717) is 11.4 Å². The number of anilines is 1. The van der Waals surface area contributed by atoms with Gasteiger partial charge in [0.1, 0.15) is 11.4 Å². The Morgan fingerprint density at radius 2 is 2.00 bits per heavy atom.